The maximum Gasteiger partial charge on any atom is 0.324 e. The summed E-state index contributed by atoms with van der Waals surface area (Å²) in [4.78, 5) is 39.2. The van der Waals surface area contributed by atoms with Crippen molar-refractivity contribution < 1.29 is 14.4 Å². The molecule has 0 spiro atoms. The van der Waals surface area contributed by atoms with Gasteiger partial charge in [-0.25, -0.2) is 4.79 Å². The fraction of sp³-hybridized carbons (Fsp3) is 0.500. The first-order valence-electron chi connectivity index (χ1n) is 8.50. The van der Waals surface area contributed by atoms with Crippen molar-refractivity contribution in [3.8, 4) is 0 Å². The molecule has 1 unspecified atom stereocenters. The number of imide groups is 1. The van der Waals surface area contributed by atoms with E-state index in [1.807, 2.05) is 11.0 Å². The van der Waals surface area contributed by atoms with Gasteiger partial charge in [0, 0.05) is 24.7 Å². The van der Waals surface area contributed by atoms with Gasteiger partial charge in [0.1, 0.15) is 0 Å². The number of hydrogen-bond donors (Lipinski definition) is 2. The molecule has 2 saturated heterocycles. The summed E-state index contributed by atoms with van der Waals surface area (Å²) in [6.45, 7) is 5.60. The molecule has 3 rings (SSSR count). The fourth-order valence-electron chi connectivity index (χ4n) is 3.33. The van der Waals surface area contributed by atoms with Crippen molar-refractivity contribution in [2.45, 2.75) is 32.9 Å². The summed E-state index contributed by atoms with van der Waals surface area (Å²) in [5.41, 5.74) is 7.34. The number of benzene rings is 1. The molecule has 0 aromatic heterocycles. The van der Waals surface area contributed by atoms with Gasteiger partial charge in [-0.05, 0) is 29.5 Å². The van der Waals surface area contributed by atoms with Gasteiger partial charge in [0.25, 0.3) is 5.91 Å². The van der Waals surface area contributed by atoms with E-state index in [1.165, 1.54) is 0 Å². The second kappa shape index (κ2) is 7.63. The minimum Gasteiger partial charge on any atom is -0.338 e. The van der Waals surface area contributed by atoms with E-state index in [2.05, 4.69) is 19.2 Å². The van der Waals surface area contributed by atoms with Gasteiger partial charge in [-0.2, -0.15) is 0 Å². The van der Waals surface area contributed by atoms with Crippen molar-refractivity contribution >= 4 is 30.3 Å². The highest BCUT2D eigenvalue weighted by Gasteiger charge is 2.35. The molecule has 1 aromatic carbocycles. The van der Waals surface area contributed by atoms with Crippen LogP contribution in [0.5, 0.6) is 0 Å². The molecule has 0 saturated carbocycles. The van der Waals surface area contributed by atoms with Crippen molar-refractivity contribution in [3.63, 3.8) is 0 Å². The topological polar surface area (TPSA) is 95.7 Å². The van der Waals surface area contributed by atoms with E-state index in [-0.39, 0.29) is 48.8 Å². The highest BCUT2D eigenvalue weighted by molar-refractivity contribution is 6.02. The molecule has 142 valence electrons. The molecule has 2 fully saturated rings. The van der Waals surface area contributed by atoms with Crippen molar-refractivity contribution in [3.05, 3.63) is 35.4 Å². The molecule has 3 N–H and O–H groups in total. The van der Waals surface area contributed by atoms with Crippen LogP contribution < -0.4 is 11.1 Å². The quantitative estimate of drug-likeness (QED) is 0.774. The zero-order valence-electron chi connectivity index (χ0n) is 15.0. The van der Waals surface area contributed by atoms with Crippen LogP contribution in [-0.4, -0.2) is 53.3 Å². The molecule has 8 heteroatoms. The van der Waals surface area contributed by atoms with E-state index in [9.17, 15) is 14.4 Å². The Hall–Kier alpha value is -2.12. The van der Waals surface area contributed by atoms with Crippen molar-refractivity contribution in [2.75, 3.05) is 19.6 Å². The minimum atomic E-state index is -0.395. The largest absolute Gasteiger partial charge is 0.338 e. The van der Waals surface area contributed by atoms with Crippen LogP contribution in [0.15, 0.2) is 24.3 Å². The number of amides is 4. The number of carbonyl (C=O) groups excluding carboxylic acids is 3. The van der Waals surface area contributed by atoms with Crippen LogP contribution in [0, 0.1) is 5.41 Å². The molecule has 2 aliphatic heterocycles. The monoisotopic (exact) mass is 380 g/mol. The average molecular weight is 381 g/mol. The number of nitrogens with two attached hydrogens (primary N) is 1. The number of urea groups is 1. The minimum absolute atomic E-state index is 0. The van der Waals surface area contributed by atoms with Crippen LogP contribution in [-0.2, 0) is 11.3 Å². The normalized spacial score (nSPS) is 22.0. The number of carbonyl (C=O) groups is 3. The first-order valence-corrected chi connectivity index (χ1v) is 8.50. The molecule has 7 nitrogen and oxygen atoms in total. The lowest BCUT2D eigenvalue weighted by atomic mass is 9.79. The number of hydrogen-bond acceptors (Lipinski definition) is 4. The van der Waals surface area contributed by atoms with E-state index in [4.69, 9.17) is 5.73 Å². The van der Waals surface area contributed by atoms with Crippen LogP contribution >= 0.6 is 12.4 Å². The number of nitrogens with one attached hydrogen (secondary N) is 1. The Labute approximate surface area is 159 Å². The number of rotatable bonds is 3. The maximum absolute atomic E-state index is 12.8. The summed E-state index contributed by atoms with van der Waals surface area (Å²) in [6.07, 6.45) is 0.779. The summed E-state index contributed by atoms with van der Waals surface area (Å²) in [5.74, 6) is -0.299. The van der Waals surface area contributed by atoms with Gasteiger partial charge in [0.2, 0.25) is 5.91 Å². The maximum atomic E-state index is 12.8. The van der Waals surface area contributed by atoms with Crippen LogP contribution in [0.25, 0.3) is 0 Å². The van der Waals surface area contributed by atoms with E-state index in [1.54, 1.807) is 18.2 Å². The Kier molecular flexibility index (Phi) is 5.93. The van der Waals surface area contributed by atoms with Crippen LogP contribution in [0.4, 0.5) is 4.79 Å². The second-order valence-electron chi connectivity index (χ2n) is 7.45. The van der Waals surface area contributed by atoms with E-state index in [0.717, 1.165) is 16.9 Å². The van der Waals surface area contributed by atoms with Crippen molar-refractivity contribution in [2.24, 2.45) is 11.1 Å². The SMILES string of the molecule is CC1(C)CN(C(=O)c2cccc(CN3C(=O)CNC3=O)c2)CCC1N.Cl. The molecular formula is C18H25ClN4O3. The third-order valence-electron chi connectivity index (χ3n) is 5.05. The highest BCUT2D eigenvalue weighted by Crippen LogP contribution is 2.28. The fourth-order valence-corrected chi connectivity index (χ4v) is 3.33. The van der Waals surface area contributed by atoms with Gasteiger partial charge in [-0.3, -0.25) is 14.5 Å². The number of likely N-dealkylation sites (tertiary alicyclic amines) is 1. The van der Waals surface area contributed by atoms with Gasteiger partial charge in [0.15, 0.2) is 0 Å². The lowest BCUT2D eigenvalue weighted by molar-refractivity contribution is -0.125. The van der Waals surface area contributed by atoms with Crippen molar-refractivity contribution in [1.82, 2.24) is 15.1 Å². The van der Waals surface area contributed by atoms with Gasteiger partial charge >= 0.3 is 6.03 Å². The van der Waals surface area contributed by atoms with Gasteiger partial charge in [-0.15, -0.1) is 12.4 Å². The van der Waals surface area contributed by atoms with Crippen LogP contribution in [0.1, 0.15) is 36.2 Å². The predicted molar refractivity (Wildman–Crippen MR) is 99.9 cm³/mol. The Morgan fingerprint density at radius 3 is 2.69 bits per heavy atom. The number of halogens is 1. The summed E-state index contributed by atoms with van der Waals surface area (Å²) in [7, 11) is 0. The van der Waals surface area contributed by atoms with Gasteiger partial charge in [0.05, 0.1) is 13.1 Å². The Balaban J connectivity index is 0.00000243. The molecule has 2 heterocycles. The van der Waals surface area contributed by atoms with E-state index in [0.29, 0.717) is 18.7 Å². The first-order chi connectivity index (χ1) is 11.8. The standard InChI is InChI=1S/C18H24N4O3.ClH/c1-18(2)11-21(7-6-14(18)19)16(24)13-5-3-4-12(8-13)10-22-15(23)9-20-17(22)25;/h3-5,8,14H,6-7,9-11,19H2,1-2H3,(H,20,25);1H. The average Bonchev–Trinajstić information content (AvgIpc) is 2.89. The predicted octanol–water partition coefficient (Wildman–Crippen LogP) is 1.36. The zero-order chi connectivity index (χ0) is 18.2. The molecule has 0 radical (unpaired) electrons. The van der Waals surface area contributed by atoms with Gasteiger partial charge in [-0.1, -0.05) is 26.0 Å². The summed E-state index contributed by atoms with van der Waals surface area (Å²) < 4.78 is 0. The Bertz CT molecular complexity index is 706. The van der Waals surface area contributed by atoms with E-state index < -0.39 is 6.03 Å². The van der Waals surface area contributed by atoms with Crippen LogP contribution in [0.3, 0.4) is 0 Å². The first kappa shape index (κ1) is 20.2. The summed E-state index contributed by atoms with van der Waals surface area (Å²) in [5, 5.41) is 2.49. The van der Waals surface area contributed by atoms with Gasteiger partial charge < -0.3 is 16.0 Å². The molecule has 26 heavy (non-hydrogen) atoms. The van der Waals surface area contributed by atoms with Crippen LogP contribution in [0.2, 0.25) is 0 Å². The number of nitrogens with zero attached hydrogens (tertiary/aromatic N) is 2. The molecule has 2 aliphatic rings. The number of piperidine rings is 1. The van der Waals surface area contributed by atoms with E-state index >= 15 is 0 Å². The zero-order valence-corrected chi connectivity index (χ0v) is 15.8. The highest BCUT2D eigenvalue weighted by atomic mass is 35.5. The molecule has 4 amide bonds. The Morgan fingerprint density at radius 2 is 2.08 bits per heavy atom. The molecule has 1 atom stereocenters. The Morgan fingerprint density at radius 1 is 1.35 bits per heavy atom. The molecule has 1 aromatic rings. The van der Waals surface area contributed by atoms with Crippen molar-refractivity contribution in [1.29, 1.82) is 0 Å². The molecule has 0 aliphatic carbocycles. The third kappa shape index (κ3) is 3.99. The second-order valence-corrected chi connectivity index (χ2v) is 7.45. The third-order valence-corrected chi connectivity index (χ3v) is 5.05. The summed E-state index contributed by atoms with van der Waals surface area (Å²) in [6, 6.07) is 6.80. The molecular weight excluding hydrogens is 356 g/mol. The summed E-state index contributed by atoms with van der Waals surface area (Å²) >= 11 is 0. The lowest BCUT2D eigenvalue weighted by Crippen LogP contribution is -2.54. The smallest absolute Gasteiger partial charge is 0.324 e. The lowest BCUT2D eigenvalue weighted by Gasteiger charge is -2.42. The molecule has 0 bridgehead atoms.